The Morgan fingerprint density at radius 2 is 1.77 bits per heavy atom. The van der Waals surface area contributed by atoms with Crippen LogP contribution in [0.5, 0.6) is 0 Å². The maximum absolute atomic E-state index is 13.7. The van der Waals surface area contributed by atoms with E-state index >= 15 is 0 Å². The van der Waals surface area contributed by atoms with Crippen LogP contribution in [0.3, 0.4) is 0 Å². The lowest BCUT2D eigenvalue weighted by molar-refractivity contribution is -0.153. The Kier molecular flexibility index (Phi) is 7.57. The summed E-state index contributed by atoms with van der Waals surface area (Å²) in [6.07, 6.45) is 2.05. The van der Waals surface area contributed by atoms with Crippen molar-refractivity contribution >= 4 is 45.8 Å². The summed E-state index contributed by atoms with van der Waals surface area (Å²) in [6.45, 7) is 0. The fourth-order valence-electron chi connectivity index (χ4n) is 5.04. The number of para-hydroxylation sites is 1. The van der Waals surface area contributed by atoms with Crippen molar-refractivity contribution in [3.63, 3.8) is 0 Å². The van der Waals surface area contributed by atoms with Crippen LogP contribution in [0.25, 0.3) is 16.5 Å². The Balaban J connectivity index is 1.24. The Morgan fingerprint density at radius 3 is 2.44 bits per heavy atom. The van der Waals surface area contributed by atoms with Gasteiger partial charge < -0.3 is 20.0 Å². The van der Waals surface area contributed by atoms with Crippen LogP contribution >= 0.6 is 11.6 Å². The lowest BCUT2D eigenvalue weighted by atomic mass is 9.91. The second-order valence-corrected chi connectivity index (χ2v) is 10.6. The molecular formula is C28H29ClF3N5O2. The van der Waals surface area contributed by atoms with Crippen LogP contribution in [-0.2, 0) is 6.18 Å². The van der Waals surface area contributed by atoms with Gasteiger partial charge in [0.15, 0.2) is 0 Å². The van der Waals surface area contributed by atoms with Crippen molar-refractivity contribution in [2.24, 2.45) is 0 Å². The first-order valence-electron chi connectivity index (χ1n) is 12.9. The minimum absolute atomic E-state index is 0.0354. The van der Waals surface area contributed by atoms with Crippen molar-refractivity contribution in [1.29, 1.82) is 0 Å². The Bertz CT molecular complexity index is 1440. The van der Waals surface area contributed by atoms with E-state index in [9.17, 15) is 18.0 Å². The number of alkyl halides is 3. The zero-order valence-corrected chi connectivity index (χ0v) is 22.4. The summed E-state index contributed by atoms with van der Waals surface area (Å²) in [5.74, 6) is -0.691. The number of hydrogen-bond donors (Lipinski definition) is 2. The second kappa shape index (κ2) is 10.9. The first-order chi connectivity index (χ1) is 18.6. The largest absolute Gasteiger partial charge is 0.451 e. The molecule has 0 bridgehead atoms. The van der Waals surface area contributed by atoms with Crippen molar-refractivity contribution in [2.45, 2.75) is 56.8 Å². The highest BCUT2D eigenvalue weighted by Gasteiger charge is 2.41. The number of nitrogens with one attached hydrogen (secondary N) is 2. The molecule has 1 aromatic carbocycles. The van der Waals surface area contributed by atoms with Crippen molar-refractivity contribution in [1.82, 2.24) is 15.3 Å². The lowest BCUT2D eigenvalue weighted by Gasteiger charge is -2.30. The van der Waals surface area contributed by atoms with E-state index in [2.05, 4.69) is 20.6 Å². The number of amides is 1. The number of carbonyl (C=O) groups excluding carboxylic acids is 1. The van der Waals surface area contributed by atoms with E-state index in [1.807, 2.05) is 43.3 Å². The van der Waals surface area contributed by atoms with Gasteiger partial charge in [0.2, 0.25) is 11.7 Å². The van der Waals surface area contributed by atoms with E-state index in [1.54, 1.807) is 12.2 Å². The first-order valence-corrected chi connectivity index (χ1v) is 13.2. The number of fused-ring (bicyclic) bond motifs is 1. The summed E-state index contributed by atoms with van der Waals surface area (Å²) in [5, 5.41) is 7.77. The molecule has 2 aromatic heterocycles. The van der Waals surface area contributed by atoms with Crippen LogP contribution in [0.1, 0.15) is 60.4 Å². The highest BCUT2D eigenvalue weighted by Crippen LogP contribution is 2.38. The number of furan rings is 1. The molecule has 0 aliphatic heterocycles. The minimum Gasteiger partial charge on any atom is -0.451 e. The van der Waals surface area contributed by atoms with Crippen molar-refractivity contribution < 1.29 is 22.4 Å². The van der Waals surface area contributed by atoms with E-state index < -0.39 is 23.4 Å². The van der Waals surface area contributed by atoms with E-state index in [0.717, 1.165) is 16.7 Å². The van der Waals surface area contributed by atoms with E-state index in [1.165, 1.54) is 6.07 Å². The van der Waals surface area contributed by atoms with Crippen molar-refractivity contribution in [3.8, 4) is 0 Å². The molecule has 1 fully saturated rings. The normalized spacial score (nSPS) is 19.8. The van der Waals surface area contributed by atoms with Crippen LogP contribution in [-0.4, -0.2) is 42.1 Å². The number of aromatic nitrogens is 2. The number of anilines is 2. The average molecular weight is 560 g/mol. The van der Waals surface area contributed by atoms with Gasteiger partial charge in [-0.05, 0) is 68.4 Å². The van der Waals surface area contributed by atoms with Gasteiger partial charge in [-0.15, -0.1) is 0 Å². The third-order valence-electron chi connectivity index (χ3n) is 7.05. The zero-order valence-electron chi connectivity index (χ0n) is 21.6. The number of rotatable bonds is 6. The highest BCUT2D eigenvalue weighted by atomic mass is 35.5. The van der Waals surface area contributed by atoms with Crippen molar-refractivity contribution in [2.75, 3.05) is 24.3 Å². The Morgan fingerprint density at radius 1 is 1.05 bits per heavy atom. The molecule has 1 amide bonds. The molecule has 2 N–H and O–H groups in total. The van der Waals surface area contributed by atoms with Crippen LogP contribution in [0.15, 0.2) is 51.9 Å². The van der Waals surface area contributed by atoms with Gasteiger partial charge in [-0.25, -0.2) is 4.98 Å². The molecule has 39 heavy (non-hydrogen) atoms. The number of hydrogen-bond acceptors (Lipinski definition) is 6. The smallest absolute Gasteiger partial charge is 0.450 e. The second-order valence-electron chi connectivity index (χ2n) is 10.1. The maximum Gasteiger partial charge on any atom is 0.450 e. The van der Waals surface area contributed by atoms with Crippen LogP contribution in [0.2, 0.25) is 0 Å². The molecule has 0 unspecified atom stereocenters. The molecule has 2 heterocycles. The third-order valence-corrected chi connectivity index (χ3v) is 7.37. The topological polar surface area (TPSA) is 83.3 Å². The van der Waals surface area contributed by atoms with E-state index in [-0.39, 0.29) is 17.8 Å². The van der Waals surface area contributed by atoms with Gasteiger partial charge in [0.1, 0.15) is 11.6 Å². The minimum atomic E-state index is -4.79. The summed E-state index contributed by atoms with van der Waals surface area (Å²) >= 11 is 5.96. The molecule has 0 saturated heterocycles. The van der Waals surface area contributed by atoms with Gasteiger partial charge in [0.25, 0.3) is 5.91 Å². The molecule has 5 rings (SSSR count). The van der Waals surface area contributed by atoms with Crippen LogP contribution < -0.4 is 15.5 Å². The van der Waals surface area contributed by atoms with Gasteiger partial charge in [-0.3, -0.25) is 4.79 Å². The Labute approximate surface area is 229 Å². The fourth-order valence-corrected chi connectivity index (χ4v) is 5.20. The number of benzene rings is 1. The zero-order chi connectivity index (χ0) is 27.7. The molecule has 1 saturated carbocycles. The molecule has 11 heteroatoms. The third kappa shape index (κ3) is 6.06. The van der Waals surface area contributed by atoms with Gasteiger partial charge in [0.05, 0.1) is 11.1 Å². The number of halogens is 4. The average Bonchev–Trinajstić information content (AvgIpc) is 3.36. The predicted molar refractivity (Wildman–Crippen MR) is 146 cm³/mol. The summed E-state index contributed by atoms with van der Waals surface area (Å²) in [4.78, 5) is 24.2. The first kappa shape index (κ1) is 27.1. The monoisotopic (exact) mass is 559 g/mol. The van der Waals surface area contributed by atoms with Crippen LogP contribution in [0.4, 0.5) is 24.9 Å². The van der Waals surface area contributed by atoms with E-state index in [0.29, 0.717) is 55.1 Å². The maximum atomic E-state index is 13.7. The summed E-state index contributed by atoms with van der Waals surface area (Å²) in [6, 6.07) is 8.81. The SMILES string of the molecule is CN(C)c1nc(NC2CCC(NC(=O)c3cc(C4=CC=C(Cl)CC4)oc3C(F)(F)F)CC2)nc2ccccc12. The molecule has 3 aromatic rings. The molecule has 2 aliphatic carbocycles. The number of allylic oxidation sites excluding steroid dienone is 4. The molecular weight excluding hydrogens is 531 g/mol. The molecule has 0 spiro atoms. The lowest BCUT2D eigenvalue weighted by Crippen LogP contribution is -2.40. The standard InChI is InChI=1S/C28H29ClF3N5O2/c1-37(2)25-20-5-3-4-6-22(20)35-27(36-25)34-19-13-11-18(12-14-19)33-26(38)21-15-23(39-24(21)28(30,31)32)16-7-9-17(29)10-8-16/h3-7,9,15,18-19H,8,10-14H2,1-2H3,(H,33,38)(H,34,35,36). The summed E-state index contributed by atoms with van der Waals surface area (Å²) < 4.78 is 46.3. The van der Waals surface area contributed by atoms with Gasteiger partial charge in [-0.2, -0.15) is 18.2 Å². The molecule has 0 radical (unpaired) electrons. The molecule has 206 valence electrons. The fraction of sp³-hybridized carbons (Fsp3) is 0.393. The van der Waals surface area contributed by atoms with E-state index in [4.69, 9.17) is 16.0 Å². The summed E-state index contributed by atoms with van der Waals surface area (Å²) in [5.41, 5.74) is 0.909. The van der Waals surface area contributed by atoms with Crippen molar-refractivity contribution in [3.05, 3.63) is 64.6 Å². The highest BCUT2D eigenvalue weighted by molar-refractivity contribution is 6.29. The summed E-state index contributed by atoms with van der Waals surface area (Å²) in [7, 11) is 3.86. The molecule has 2 aliphatic rings. The number of carbonyl (C=O) groups is 1. The molecule has 7 nitrogen and oxygen atoms in total. The Hall–Kier alpha value is -3.53. The van der Waals surface area contributed by atoms with Gasteiger partial charge >= 0.3 is 6.18 Å². The van der Waals surface area contributed by atoms with Crippen LogP contribution in [0, 0.1) is 0 Å². The quantitative estimate of drug-likeness (QED) is 0.347. The van der Waals surface area contributed by atoms with Gasteiger partial charge in [-0.1, -0.05) is 29.8 Å². The molecule has 0 atom stereocenters. The predicted octanol–water partition coefficient (Wildman–Crippen LogP) is 6.76. The van der Waals surface area contributed by atoms with Gasteiger partial charge in [0, 0.05) is 36.6 Å². The number of nitrogens with zero attached hydrogens (tertiary/aromatic N) is 3.